The minimum Gasteiger partial charge on any atom is -0.329 e. The Balaban J connectivity index is 2.55. The molecule has 2 nitrogen and oxygen atoms in total. The van der Waals surface area contributed by atoms with Crippen LogP contribution in [0.25, 0.3) is 0 Å². The van der Waals surface area contributed by atoms with E-state index >= 15 is 0 Å². The van der Waals surface area contributed by atoms with Crippen LogP contribution in [-0.2, 0) is 6.42 Å². The first-order valence-corrected chi connectivity index (χ1v) is 7.19. The van der Waals surface area contributed by atoms with Crippen molar-refractivity contribution in [2.24, 2.45) is 5.73 Å². The molecule has 0 saturated heterocycles. The van der Waals surface area contributed by atoms with Gasteiger partial charge in [-0.25, -0.2) is 0 Å². The molecule has 100 valence electrons. The van der Waals surface area contributed by atoms with Crippen molar-refractivity contribution in [3.63, 3.8) is 0 Å². The first-order chi connectivity index (χ1) is 8.59. The van der Waals surface area contributed by atoms with Crippen LogP contribution in [0.2, 0.25) is 0 Å². The lowest BCUT2D eigenvalue weighted by atomic mass is 9.92. The van der Waals surface area contributed by atoms with Crippen LogP contribution in [0.4, 0.5) is 0 Å². The van der Waals surface area contributed by atoms with E-state index in [1.165, 1.54) is 5.56 Å². The summed E-state index contributed by atoms with van der Waals surface area (Å²) in [4.78, 5) is 0. The smallest absolute Gasteiger partial charge is 0.0316 e. The van der Waals surface area contributed by atoms with Gasteiger partial charge in [0.1, 0.15) is 0 Å². The Morgan fingerprint density at radius 1 is 1.33 bits per heavy atom. The van der Waals surface area contributed by atoms with E-state index < -0.39 is 0 Å². The topological polar surface area (TPSA) is 38.0 Å². The number of benzene rings is 1. The minimum absolute atomic E-state index is 0.0323. The largest absolute Gasteiger partial charge is 0.329 e. The molecule has 0 aliphatic heterocycles. The highest BCUT2D eigenvalue weighted by Gasteiger charge is 2.21. The van der Waals surface area contributed by atoms with Gasteiger partial charge in [-0.1, -0.05) is 40.2 Å². The van der Waals surface area contributed by atoms with Crippen molar-refractivity contribution < 1.29 is 0 Å². The quantitative estimate of drug-likeness (QED) is 0.599. The summed E-state index contributed by atoms with van der Waals surface area (Å²) in [5.74, 6) is 0. The molecule has 1 aromatic rings. The zero-order valence-corrected chi connectivity index (χ0v) is 12.8. The van der Waals surface area contributed by atoms with Crippen LogP contribution in [-0.4, -0.2) is 18.6 Å². The first kappa shape index (κ1) is 15.4. The Morgan fingerprint density at radius 3 is 2.56 bits per heavy atom. The molecule has 0 aliphatic carbocycles. The van der Waals surface area contributed by atoms with Gasteiger partial charge in [0, 0.05) is 16.6 Å². The maximum atomic E-state index is 5.91. The summed E-state index contributed by atoms with van der Waals surface area (Å²) < 4.78 is 1.11. The van der Waals surface area contributed by atoms with Gasteiger partial charge in [-0.2, -0.15) is 0 Å². The van der Waals surface area contributed by atoms with Crippen LogP contribution in [0.5, 0.6) is 0 Å². The number of hydrogen-bond acceptors (Lipinski definition) is 2. The highest BCUT2D eigenvalue weighted by molar-refractivity contribution is 9.10. The van der Waals surface area contributed by atoms with E-state index in [-0.39, 0.29) is 5.54 Å². The fourth-order valence-corrected chi connectivity index (χ4v) is 2.15. The molecule has 0 aromatic heterocycles. The normalized spacial score (nSPS) is 14.9. The summed E-state index contributed by atoms with van der Waals surface area (Å²) in [6.45, 7) is 5.84. The molecule has 1 atom stereocenters. The van der Waals surface area contributed by atoms with Gasteiger partial charge in [0.05, 0.1) is 0 Å². The van der Waals surface area contributed by atoms with E-state index in [9.17, 15) is 0 Å². The SMILES string of the molecule is C/C=C/CCNC(C)(CN)Cc1ccc(Br)cc1. The van der Waals surface area contributed by atoms with Crippen LogP contribution >= 0.6 is 15.9 Å². The molecule has 0 amide bonds. The van der Waals surface area contributed by atoms with Gasteiger partial charge in [0.25, 0.3) is 0 Å². The van der Waals surface area contributed by atoms with Crippen LogP contribution < -0.4 is 11.1 Å². The van der Waals surface area contributed by atoms with Crippen molar-refractivity contribution in [2.75, 3.05) is 13.1 Å². The average molecular weight is 311 g/mol. The van der Waals surface area contributed by atoms with Crippen molar-refractivity contribution >= 4 is 15.9 Å². The third kappa shape index (κ3) is 5.34. The van der Waals surface area contributed by atoms with Gasteiger partial charge in [0.15, 0.2) is 0 Å². The number of hydrogen-bond donors (Lipinski definition) is 2. The Bertz CT molecular complexity index is 373. The average Bonchev–Trinajstić information content (AvgIpc) is 2.38. The van der Waals surface area contributed by atoms with E-state index in [0.717, 1.165) is 23.9 Å². The fraction of sp³-hybridized carbons (Fsp3) is 0.467. The second kappa shape index (κ2) is 7.72. The van der Waals surface area contributed by atoms with Crippen molar-refractivity contribution in [2.45, 2.75) is 32.2 Å². The third-order valence-electron chi connectivity index (χ3n) is 3.06. The lowest BCUT2D eigenvalue weighted by molar-refractivity contribution is 0.365. The molecule has 3 heteroatoms. The van der Waals surface area contributed by atoms with Gasteiger partial charge in [-0.15, -0.1) is 0 Å². The zero-order valence-electron chi connectivity index (χ0n) is 11.2. The monoisotopic (exact) mass is 310 g/mol. The lowest BCUT2D eigenvalue weighted by Crippen LogP contribution is -2.50. The van der Waals surface area contributed by atoms with Gasteiger partial charge in [0.2, 0.25) is 0 Å². The van der Waals surface area contributed by atoms with Gasteiger partial charge >= 0.3 is 0 Å². The summed E-state index contributed by atoms with van der Waals surface area (Å²) in [7, 11) is 0. The van der Waals surface area contributed by atoms with Crippen molar-refractivity contribution in [3.05, 3.63) is 46.5 Å². The predicted octanol–water partition coefficient (Wildman–Crippen LogP) is 3.26. The summed E-state index contributed by atoms with van der Waals surface area (Å²) in [6, 6.07) is 8.44. The maximum Gasteiger partial charge on any atom is 0.0316 e. The molecule has 1 unspecified atom stereocenters. The maximum absolute atomic E-state index is 5.91. The Kier molecular flexibility index (Phi) is 6.61. The molecule has 3 N–H and O–H groups in total. The highest BCUT2D eigenvalue weighted by atomic mass is 79.9. The highest BCUT2D eigenvalue weighted by Crippen LogP contribution is 2.16. The second-order valence-electron chi connectivity index (χ2n) is 4.85. The first-order valence-electron chi connectivity index (χ1n) is 6.40. The predicted molar refractivity (Wildman–Crippen MR) is 82.7 cm³/mol. The van der Waals surface area contributed by atoms with Crippen molar-refractivity contribution in [3.8, 4) is 0 Å². The Morgan fingerprint density at radius 2 is 2.00 bits per heavy atom. The fourth-order valence-electron chi connectivity index (χ4n) is 1.88. The van der Waals surface area contributed by atoms with Crippen LogP contribution in [0.15, 0.2) is 40.9 Å². The molecule has 1 rings (SSSR count). The van der Waals surface area contributed by atoms with E-state index in [1.54, 1.807) is 0 Å². The number of nitrogens with two attached hydrogens (primary N) is 1. The lowest BCUT2D eigenvalue weighted by Gasteiger charge is -2.29. The standard InChI is InChI=1S/C15H23BrN2/c1-3-4-5-10-18-15(2,12-17)11-13-6-8-14(16)9-7-13/h3-4,6-9,18H,5,10-12,17H2,1-2H3/b4-3+. The molecule has 0 radical (unpaired) electrons. The summed E-state index contributed by atoms with van der Waals surface area (Å²) in [5, 5.41) is 3.56. The second-order valence-corrected chi connectivity index (χ2v) is 5.77. The zero-order chi connectivity index (χ0) is 13.4. The molecule has 1 aromatic carbocycles. The molecule has 0 fully saturated rings. The molecule has 0 saturated carbocycles. The summed E-state index contributed by atoms with van der Waals surface area (Å²) in [6.07, 6.45) is 6.25. The number of rotatable bonds is 7. The number of nitrogens with one attached hydrogen (secondary N) is 1. The van der Waals surface area contributed by atoms with Crippen molar-refractivity contribution in [1.29, 1.82) is 0 Å². The van der Waals surface area contributed by atoms with Gasteiger partial charge in [-0.3, -0.25) is 0 Å². The van der Waals surface area contributed by atoms with E-state index in [4.69, 9.17) is 5.73 Å². The molecule has 0 spiro atoms. The third-order valence-corrected chi connectivity index (χ3v) is 3.59. The molecule has 0 heterocycles. The van der Waals surface area contributed by atoms with Gasteiger partial charge < -0.3 is 11.1 Å². The summed E-state index contributed by atoms with van der Waals surface area (Å²) >= 11 is 3.45. The Labute approximate surface area is 119 Å². The van der Waals surface area contributed by atoms with Crippen LogP contribution in [0, 0.1) is 0 Å². The van der Waals surface area contributed by atoms with Crippen LogP contribution in [0.3, 0.4) is 0 Å². The molecular formula is C15H23BrN2. The Hall–Kier alpha value is -0.640. The van der Waals surface area contributed by atoms with Crippen LogP contribution in [0.1, 0.15) is 25.8 Å². The molecule has 18 heavy (non-hydrogen) atoms. The number of halogens is 1. The van der Waals surface area contributed by atoms with Gasteiger partial charge in [-0.05, 0) is 50.9 Å². The molecule has 0 bridgehead atoms. The molecule has 0 aliphatic rings. The van der Waals surface area contributed by atoms with E-state index in [0.29, 0.717) is 6.54 Å². The van der Waals surface area contributed by atoms with E-state index in [2.05, 4.69) is 64.6 Å². The minimum atomic E-state index is -0.0323. The van der Waals surface area contributed by atoms with E-state index in [1.807, 2.05) is 6.92 Å². The van der Waals surface area contributed by atoms with Crippen molar-refractivity contribution in [1.82, 2.24) is 5.32 Å². The molecular weight excluding hydrogens is 288 g/mol. The summed E-state index contributed by atoms with van der Waals surface area (Å²) in [5.41, 5.74) is 7.19. The number of allylic oxidation sites excluding steroid dienone is 1.